The molecule has 90 valence electrons. The van der Waals surface area contributed by atoms with E-state index in [1.807, 2.05) is 12.1 Å². The summed E-state index contributed by atoms with van der Waals surface area (Å²) in [6.45, 7) is 11.1. The normalized spacial score (nSPS) is 12.9. The predicted octanol–water partition coefficient (Wildman–Crippen LogP) is 4.76. The molecule has 0 saturated heterocycles. The number of hydrogen-bond donors (Lipinski definition) is 1. The van der Waals surface area contributed by atoms with Crippen molar-refractivity contribution in [3.63, 3.8) is 0 Å². The van der Waals surface area contributed by atoms with Crippen LogP contribution in [0.3, 0.4) is 0 Å². The van der Waals surface area contributed by atoms with Gasteiger partial charge in [0.05, 0.1) is 5.02 Å². The van der Waals surface area contributed by atoms with Crippen molar-refractivity contribution in [2.24, 2.45) is 5.41 Å². The zero-order valence-electron chi connectivity index (χ0n) is 10.8. The van der Waals surface area contributed by atoms with Crippen LogP contribution in [0.25, 0.3) is 0 Å². The van der Waals surface area contributed by atoms with Crippen LogP contribution >= 0.6 is 11.6 Å². The van der Waals surface area contributed by atoms with Crippen LogP contribution in [0.1, 0.15) is 46.6 Å². The van der Waals surface area contributed by atoms with Crippen LogP contribution in [0.15, 0.2) is 18.2 Å². The second kappa shape index (κ2) is 4.29. The minimum absolute atomic E-state index is 0.0651. The standard InChI is InChI=1S/C14H21ClO/c1-13(2,3)9-14(4,5)10-6-7-12(16)11(15)8-10/h6-8,16H,9H2,1-5H3. The van der Waals surface area contributed by atoms with Gasteiger partial charge < -0.3 is 5.11 Å². The number of phenols is 1. The summed E-state index contributed by atoms with van der Waals surface area (Å²) in [6, 6.07) is 5.48. The Hall–Kier alpha value is -0.690. The van der Waals surface area contributed by atoms with E-state index in [1.165, 1.54) is 5.56 Å². The number of aromatic hydroxyl groups is 1. The fourth-order valence-corrected chi connectivity index (χ4v) is 2.54. The SMILES string of the molecule is CC(C)(C)CC(C)(C)c1ccc(O)c(Cl)c1. The smallest absolute Gasteiger partial charge is 0.134 e. The molecule has 0 aliphatic heterocycles. The zero-order valence-corrected chi connectivity index (χ0v) is 11.5. The summed E-state index contributed by atoms with van der Waals surface area (Å²) in [6.07, 6.45) is 1.07. The van der Waals surface area contributed by atoms with Gasteiger partial charge in [0.1, 0.15) is 5.75 Å². The van der Waals surface area contributed by atoms with Crippen LogP contribution in [0.2, 0.25) is 5.02 Å². The molecule has 16 heavy (non-hydrogen) atoms. The van der Waals surface area contributed by atoms with Crippen LogP contribution in [-0.4, -0.2) is 5.11 Å². The summed E-state index contributed by atoms with van der Waals surface area (Å²) in [7, 11) is 0. The van der Waals surface area contributed by atoms with Crippen LogP contribution in [0.4, 0.5) is 0 Å². The number of phenolic OH excluding ortho intramolecular Hbond substituents is 1. The minimum atomic E-state index is 0.0651. The van der Waals surface area contributed by atoms with Gasteiger partial charge in [-0.1, -0.05) is 52.3 Å². The molecule has 1 aromatic rings. The van der Waals surface area contributed by atoms with E-state index in [1.54, 1.807) is 6.07 Å². The second-order valence-electron chi connectivity index (χ2n) is 6.29. The van der Waals surface area contributed by atoms with Crippen LogP contribution < -0.4 is 0 Å². The molecule has 0 aromatic heterocycles. The molecule has 1 rings (SSSR count). The Kier molecular flexibility index (Phi) is 3.59. The Labute approximate surface area is 103 Å². The molecule has 0 fully saturated rings. The van der Waals surface area contributed by atoms with Crippen molar-refractivity contribution < 1.29 is 5.11 Å². The van der Waals surface area contributed by atoms with E-state index < -0.39 is 0 Å². The van der Waals surface area contributed by atoms with Crippen LogP contribution in [-0.2, 0) is 5.41 Å². The van der Waals surface area contributed by atoms with Gasteiger partial charge in [-0.2, -0.15) is 0 Å². The maximum Gasteiger partial charge on any atom is 0.134 e. The zero-order chi connectivity index (χ0) is 12.6. The first-order valence-electron chi connectivity index (χ1n) is 5.61. The Morgan fingerprint density at radius 1 is 1.12 bits per heavy atom. The van der Waals surface area contributed by atoms with Crippen molar-refractivity contribution in [2.45, 2.75) is 46.5 Å². The molecule has 2 heteroatoms. The van der Waals surface area contributed by atoms with Gasteiger partial charge in [0.2, 0.25) is 0 Å². The summed E-state index contributed by atoms with van der Waals surface area (Å²) in [4.78, 5) is 0. The molecule has 0 amide bonds. The number of halogens is 1. The first kappa shape index (κ1) is 13.4. The molecule has 0 spiro atoms. The lowest BCUT2D eigenvalue weighted by atomic mass is 9.72. The third-order valence-electron chi connectivity index (χ3n) is 2.70. The van der Waals surface area contributed by atoms with E-state index in [-0.39, 0.29) is 16.6 Å². The molecular weight excluding hydrogens is 220 g/mol. The van der Waals surface area contributed by atoms with Crippen molar-refractivity contribution >= 4 is 11.6 Å². The van der Waals surface area contributed by atoms with Gasteiger partial charge in [0.15, 0.2) is 0 Å². The van der Waals surface area contributed by atoms with Gasteiger partial charge in [-0.25, -0.2) is 0 Å². The largest absolute Gasteiger partial charge is 0.506 e. The molecule has 1 N–H and O–H groups in total. The van der Waals surface area contributed by atoms with E-state index in [0.717, 1.165) is 6.42 Å². The molecule has 0 atom stereocenters. The van der Waals surface area contributed by atoms with E-state index >= 15 is 0 Å². The van der Waals surface area contributed by atoms with E-state index in [0.29, 0.717) is 5.02 Å². The van der Waals surface area contributed by atoms with Crippen molar-refractivity contribution in [3.8, 4) is 5.75 Å². The Morgan fingerprint density at radius 3 is 2.12 bits per heavy atom. The molecular formula is C14H21ClO. The lowest BCUT2D eigenvalue weighted by Crippen LogP contribution is -2.24. The van der Waals surface area contributed by atoms with Gasteiger partial charge in [-0.3, -0.25) is 0 Å². The Bertz CT molecular complexity index is 375. The van der Waals surface area contributed by atoms with Gasteiger partial charge in [0, 0.05) is 0 Å². The molecule has 0 saturated carbocycles. The third kappa shape index (κ3) is 3.41. The first-order valence-corrected chi connectivity index (χ1v) is 5.99. The highest BCUT2D eigenvalue weighted by Gasteiger charge is 2.27. The molecule has 0 aliphatic rings. The lowest BCUT2D eigenvalue weighted by molar-refractivity contribution is 0.284. The van der Waals surface area contributed by atoms with Gasteiger partial charge in [-0.15, -0.1) is 0 Å². The molecule has 1 aromatic carbocycles. The van der Waals surface area contributed by atoms with E-state index in [4.69, 9.17) is 11.6 Å². The Morgan fingerprint density at radius 2 is 1.69 bits per heavy atom. The molecule has 0 heterocycles. The van der Waals surface area contributed by atoms with Crippen molar-refractivity contribution in [2.75, 3.05) is 0 Å². The minimum Gasteiger partial charge on any atom is -0.506 e. The summed E-state index contributed by atoms with van der Waals surface area (Å²) >= 11 is 5.94. The monoisotopic (exact) mass is 240 g/mol. The first-order chi connectivity index (χ1) is 7.12. The number of rotatable bonds is 2. The molecule has 0 radical (unpaired) electrons. The van der Waals surface area contributed by atoms with Gasteiger partial charge in [-0.05, 0) is 34.9 Å². The maximum atomic E-state index is 9.41. The van der Waals surface area contributed by atoms with E-state index in [9.17, 15) is 5.11 Å². The highest BCUT2D eigenvalue weighted by atomic mass is 35.5. The van der Waals surface area contributed by atoms with Gasteiger partial charge >= 0.3 is 0 Å². The van der Waals surface area contributed by atoms with Crippen molar-refractivity contribution in [1.82, 2.24) is 0 Å². The average molecular weight is 241 g/mol. The number of hydrogen-bond acceptors (Lipinski definition) is 1. The number of benzene rings is 1. The second-order valence-corrected chi connectivity index (χ2v) is 6.69. The topological polar surface area (TPSA) is 20.2 Å². The molecule has 0 unspecified atom stereocenters. The quantitative estimate of drug-likeness (QED) is 0.790. The summed E-state index contributed by atoms with van der Waals surface area (Å²) in [5, 5.41) is 9.84. The molecule has 1 nitrogen and oxygen atoms in total. The molecule has 0 bridgehead atoms. The lowest BCUT2D eigenvalue weighted by Gasteiger charge is -2.33. The molecule has 0 aliphatic carbocycles. The summed E-state index contributed by atoms with van der Waals surface area (Å²) in [5.74, 6) is 0.150. The van der Waals surface area contributed by atoms with Crippen LogP contribution in [0, 0.1) is 5.41 Å². The van der Waals surface area contributed by atoms with Gasteiger partial charge in [0.25, 0.3) is 0 Å². The summed E-state index contributed by atoms with van der Waals surface area (Å²) in [5.41, 5.74) is 1.51. The van der Waals surface area contributed by atoms with Crippen molar-refractivity contribution in [1.29, 1.82) is 0 Å². The Balaban J connectivity index is 3.02. The third-order valence-corrected chi connectivity index (χ3v) is 3.00. The fraction of sp³-hybridized carbons (Fsp3) is 0.571. The summed E-state index contributed by atoms with van der Waals surface area (Å²) < 4.78 is 0. The van der Waals surface area contributed by atoms with E-state index in [2.05, 4.69) is 34.6 Å². The predicted molar refractivity (Wildman–Crippen MR) is 70.2 cm³/mol. The highest BCUT2D eigenvalue weighted by Crippen LogP contribution is 2.38. The fourth-order valence-electron chi connectivity index (χ4n) is 2.36. The van der Waals surface area contributed by atoms with Crippen LogP contribution in [0.5, 0.6) is 5.75 Å². The van der Waals surface area contributed by atoms with Crippen molar-refractivity contribution in [3.05, 3.63) is 28.8 Å². The highest BCUT2D eigenvalue weighted by molar-refractivity contribution is 6.32. The average Bonchev–Trinajstić information content (AvgIpc) is 2.05. The maximum absolute atomic E-state index is 9.41.